The summed E-state index contributed by atoms with van der Waals surface area (Å²) in [6.07, 6.45) is 1.04. The van der Waals surface area contributed by atoms with Crippen molar-refractivity contribution in [1.82, 2.24) is 20.5 Å². The van der Waals surface area contributed by atoms with Crippen molar-refractivity contribution in [3.8, 4) is 0 Å². The number of benzene rings is 2. The van der Waals surface area contributed by atoms with Gasteiger partial charge in [0.1, 0.15) is 0 Å². The highest BCUT2D eigenvalue weighted by Crippen LogP contribution is 2.29. The largest absolute Gasteiger partial charge is 0.416 e. The minimum atomic E-state index is -4.48. The molecule has 0 aliphatic carbocycles. The van der Waals surface area contributed by atoms with Gasteiger partial charge in [-0.2, -0.15) is 18.3 Å². The van der Waals surface area contributed by atoms with E-state index in [2.05, 4.69) is 20.5 Å². The Morgan fingerprint density at radius 2 is 1.94 bits per heavy atom. The Morgan fingerprint density at radius 3 is 2.73 bits per heavy atom. The normalized spacial score (nSPS) is 11.8. The molecule has 1 amide bonds. The summed E-state index contributed by atoms with van der Waals surface area (Å²) >= 11 is 1.53. The second-order valence-electron chi connectivity index (χ2n) is 7.09. The fourth-order valence-electron chi connectivity index (χ4n) is 3.15. The van der Waals surface area contributed by atoms with Crippen LogP contribution in [0.2, 0.25) is 0 Å². The van der Waals surface area contributed by atoms with Gasteiger partial charge in [0.05, 0.1) is 22.5 Å². The first-order valence-corrected chi connectivity index (χ1v) is 11.0. The molecule has 0 saturated carbocycles. The van der Waals surface area contributed by atoms with Crippen molar-refractivity contribution in [3.63, 3.8) is 0 Å². The lowest BCUT2D eigenvalue weighted by Crippen LogP contribution is -2.26. The van der Waals surface area contributed by atoms with Crippen molar-refractivity contribution in [2.75, 3.05) is 12.3 Å². The first-order valence-electron chi connectivity index (χ1n) is 10.1. The molecular weight excluding hydrogens is 449 g/mol. The topological polar surface area (TPSA) is 70.7 Å². The van der Waals surface area contributed by atoms with Crippen LogP contribution >= 0.6 is 11.8 Å². The molecule has 0 unspecified atom stereocenters. The van der Waals surface area contributed by atoms with E-state index in [-0.39, 0.29) is 5.56 Å². The number of nitrogens with one attached hydrogen (secondary N) is 2. The predicted octanol–water partition coefficient (Wildman–Crippen LogP) is 5.67. The van der Waals surface area contributed by atoms with Crippen LogP contribution < -0.4 is 5.32 Å². The second-order valence-corrected chi connectivity index (χ2v) is 8.26. The first-order chi connectivity index (χ1) is 15.9. The molecule has 2 heterocycles. The zero-order chi connectivity index (χ0) is 23.3. The molecule has 0 aliphatic rings. The Hall–Kier alpha value is -3.59. The minimum Gasteiger partial charge on any atom is -0.351 e. The van der Waals surface area contributed by atoms with Gasteiger partial charge in [0.25, 0.3) is 5.91 Å². The van der Waals surface area contributed by atoms with Gasteiger partial charge in [0.15, 0.2) is 0 Å². The zero-order valence-electron chi connectivity index (χ0n) is 17.3. The van der Waals surface area contributed by atoms with E-state index in [4.69, 9.17) is 0 Å². The average molecular weight is 469 g/mol. The fourth-order valence-corrected chi connectivity index (χ4v) is 3.95. The third-order valence-corrected chi connectivity index (χ3v) is 5.77. The molecule has 2 aromatic heterocycles. The lowest BCUT2D eigenvalue weighted by molar-refractivity contribution is -0.137. The average Bonchev–Trinajstić information content (AvgIpc) is 3.23. The summed E-state index contributed by atoms with van der Waals surface area (Å²) in [5.41, 5.74) is 1.67. The van der Waals surface area contributed by atoms with E-state index < -0.39 is 17.6 Å². The number of pyridine rings is 1. The number of H-pyrrole nitrogens is 1. The lowest BCUT2D eigenvalue weighted by Gasteiger charge is -2.09. The molecule has 33 heavy (non-hydrogen) atoms. The third-order valence-electron chi connectivity index (χ3n) is 4.77. The number of aromatic nitrogens is 3. The van der Waals surface area contributed by atoms with Crippen molar-refractivity contribution in [3.05, 3.63) is 89.4 Å². The number of nitrogens with zero attached hydrogens (tertiary/aromatic N) is 2. The number of carbonyl (C=O) groups excluding carboxylic acids is 1. The maximum Gasteiger partial charge on any atom is 0.416 e. The quantitative estimate of drug-likeness (QED) is 0.271. The SMILES string of the molecule is O=C(NCCSc1ccc2c(/C=C/c3ccccn3)n[nH]c2c1)c1cccc(C(F)(F)F)c1. The first kappa shape index (κ1) is 22.6. The van der Waals surface area contributed by atoms with Gasteiger partial charge in [-0.05, 0) is 60.7 Å². The van der Waals surface area contributed by atoms with Gasteiger partial charge in [-0.3, -0.25) is 14.9 Å². The summed E-state index contributed by atoms with van der Waals surface area (Å²) in [7, 11) is 0. The molecule has 0 radical (unpaired) electrons. The van der Waals surface area contributed by atoms with Crippen LogP contribution in [0.15, 0.2) is 71.8 Å². The van der Waals surface area contributed by atoms with E-state index in [9.17, 15) is 18.0 Å². The minimum absolute atomic E-state index is 0.0139. The number of alkyl halides is 3. The zero-order valence-corrected chi connectivity index (χ0v) is 18.1. The molecule has 0 aliphatic heterocycles. The van der Waals surface area contributed by atoms with Crippen molar-refractivity contribution in [1.29, 1.82) is 0 Å². The summed E-state index contributed by atoms with van der Waals surface area (Å²) in [6, 6.07) is 16.0. The van der Waals surface area contributed by atoms with Crippen LogP contribution in [-0.4, -0.2) is 33.4 Å². The molecule has 2 N–H and O–H groups in total. The summed E-state index contributed by atoms with van der Waals surface area (Å²) in [4.78, 5) is 17.4. The number of fused-ring (bicyclic) bond motifs is 1. The van der Waals surface area contributed by atoms with Crippen molar-refractivity contribution >= 4 is 40.7 Å². The van der Waals surface area contributed by atoms with Crippen molar-refractivity contribution in [2.24, 2.45) is 0 Å². The van der Waals surface area contributed by atoms with Gasteiger partial charge in [-0.1, -0.05) is 12.1 Å². The Labute approximate surface area is 192 Å². The number of halogens is 3. The highest BCUT2D eigenvalue weighted by molar-refractivity contribution is 7.99. The number of thioether (sulfide) groups is 1. The molecule has 168 valence electrons. The molecule has 5 nitrogen and oxygen atoms in total. The van der Waals surface area contributed by atoms with E-state index in [1.165, 1.54) is 23.9 Å². The molecule has 0 fully saturated rings. The molecule has 0 atom stereocenters. The van der Waals surface area contributed by atoms with Gasteiger partial charge >= 0.3 is 6.18 Å². The Morgan fingerprint density at radius 1 is 1.06 bits per heavy atom. The Kier molecular flexibility index (Phi) is 6.79. The highest BCUT2D eigenvalue weighted by Gasteiger charge is 2.30. The van der Waals surface area contributed by atoms with Gasteiger partial charge in [-0.25, -0.2) is 0 Å². The second kappa shape index (κ2) is 9.91. The van der Waals surface area contributed by atoms with E-state index in [1.54, 1.807) is 6.20 Å². The number of aromatic amines is 1. The van der Waals surface area contributed by atoms with Gasteiger partial charge in [0, 0.05) is 34.3 Å². The van der Waals surface area contributed by atoms with E-state index in [0.717, 1.165) is 39.3 Å². The van der Waals surface area contributed by atoms with Gasteiger partial charge in [0.2, 0.25) is 0 Å². The maximum absolute atomic E-state index is 12.8. The Bertz CT molecular complexity index is 1290. The van der Waals surface area contributed by atoms with Crippen LogP contribution in [0.3, 0.4) is 0 Å². The van der Waals surface area contributed by atoms with Crippen LogP contribution in [0.1, 0.15) is 27.3 Å². The standard InChI is InChI=1S/C24H19F3N4OS/c25-24(26,27)17-5-3-4-16(14-17)23(32)29-12-13-33-19-8-9-20-21(30-31-22(20)15-19)10-7-18-6-1-2-11-28-18/h1-11,14-15H,12-13H2,(H,29,32)(H,30,31)/b10-7+. The summed E-state index contributed by atoms with van der Waals surface area (Å²) in [5, 5.41) is 11.0. The van der Waals surface area contributed by atoms with Crippen LogP contribution in [0, 0.1) is 0 Å². The van der Waals surface area contributed by atoms with Gasteiger partial charge < -0.3 is 5.32 Å². The summed E-state index contributed by atoms with van der Waals surface area (Å²) in [5.74, 6) is 0.0339. The van der Waals surface area contributed by atoms with Gasteiger partial charge in [-0.15, -0.1) is 11.8 Å². The molecule has 4 aromatic rings. The molecule has 2 aromatic carbocycles. The molecular formula is C24H19F3N4OS. The number of carbonyl (C=O) groups is 1. The van der Waals surface area contributed by atoms with Crippen molar-refractivity contribution < 1.29 is 18.0 Å². The van der Waals surface area contributed by atoms with E-state index in [1.807, 2.05) is 48.6 Å². The van der Waals surface area contributed by atoms with Crippen LogP contribution in [0.5, 0.6) is 0 Å². The molecule has 9 heteroatoms. The predicted molar refractivity (Wildman–Crippen MR) is 124 cm³/mol. The number of amides is 1. The van der Waals surface area contributed by atoms with Crippen LogP contribution in [0.4, 0.5) is 13.2 Å². The highest BCUT2D eigenvalue weighted by atomic mass is 32.2. The number of hydrogen-bond donors (Lipinski definition) is 2. The van der Waals surface area contributed by atoms with Crippen LogP contribution in [-0.2, 0) is 6.18 Å². The number of rotatable bonds is 7. The fraction of sp³-hybridized carbons (Fsp3) is 0.125. The van der Waals surface area contributed by atoms with E-state index >= 15 is 0 Å². The van der Waals surface area contributed by atoms with Crippen molar-refractivity contribution in [2.45, 2.75) is 11.1 Å². The third kappa shape index (κ3) is 5.81. The van der Waals surface area contributed by atoms with E-state index in [0.29, 0.717) is 12.3 Å². The van der Waals surface area contributed by atoms with Crippen LogP contribution in [0.25, 0.3) is 23.1 Å². The summed E-state index contributed by atoms with van der Waals surface area (Å²) in [6.45, 7) is 0.318. The lowest BCUT2D eigenvalue weighted by atomic mass is 10.1. The number of hydrogen-bond acceptors (Lipinski definition) is 4. The Balaban J connectivity index is 1.32. The molecule has 0 spiro atoms. The maximum atomic E-state index is 12.8. The smallest absolute Gasteiger partial charge is 0.351 e. The molecule has 4 rings (SSSR count). The molecule has 0 bridgehead atoms. The summed E-state index contributed by atoms with van der Waals surface area (Å²) < 4.78 is 38.4. The molecule has 0 saturated heterocycles. The monoisotopic (exact) mass is 468 g/mol.